The van der Waals surface area contributed by atoms with Gasteiger partial charge in [0, 0.05) is 32.7 Å². The SMILES string of the molecule is CN(C)CCCS(=O)(=O)N1CCC(c2ccccc2CN2CCOCC2)CC1. The molecular weight excluding hydrogens is 374 g/mol. The summed E-state index contributed by atoms with van der Waals surface area (Å²) in [5.41, 5.74) is 2.79. The highest BCUT2D eigenvalue weighted by molar-refractivity contribution is 7.89. The lowest BCUT2D eigenvalue weighted by Gasteiger charge is -2.33. The van der Waals surface area contributed by atoms with Crippen molar-refractivity contribution in [2.75, 3.05) is 65.8 Å². The summed E-state index contributed by atoms with van der Waals surface area (Å²) in [6.07, 6.45) is 2.51. The smallest absolute Gasteiger partial charge is 0.214 e. The van der Waals surface area contributed by atoms with Gasteiger partial charge >= 0.3 is 0 Å². The molecular formula is C21H35N3O3S. The molecule has 0 aliphatic carbocycles. The van der Waals surface area contributed by atoms with Crippen LogP contribution in [0.2, 0.25) is 0 Å². The molecule has 1 aromatic rings. The lowest BCUT2D eigenvalue weighted by Crippen LogP contribution is -2.40. The summed E-state index contributed by atoms with van der Waals surface area (Å²) in [6.45, 7) is 6.64. The van der Waals surface area contributed by atoms with Crippen molar-refractivity contribution in [3.05, 3.63) is 35.4 Å². The number of rotatable bonds is 8. The zero-order valence-corrected chi connectivity index (χ0v) is 18.2. The summed E-state index contributed by atoms with van der Waals surface area (Å²) >= 11 is 0. The van der Waals surface area contributed by atoms with Gasteiger partial charge in [-0.05, 0) is 56.9 Å². The number of hydrogen-bond acceptors (Lipinski definition) is 5. The van der Waals surface area contributed by atoms with Gasteiger partial charge in [-0.3, -0.25) is 4.90 Å². The minimum Gasteiger partial charge on any atom is -0.379 e. The van der Waals surface area contributed by atoms with Gasteiger partial charge in [-0.1, -0.05) is 24.3 Å². The quantitative estimate of drug-likeness (QED) is 0.657. The molecule has 0 radical (unpaired) electrons. The first-order valence-corrected chi connectivity index (χ1v) is 12.1. The van der Waals surface area contributed by atoms with E-state index in [1.54, 1.807) is 4.31 Å². The average molecular weight is 410 g/mol. The maximum Gasteiger partial charge on any atom is 0.214 e. The van der Waals surface area contributed by atoms with Crippen LogP contribution in [0.3, 0.4) is 0 Å². The first-order valence-electron chi connectivity index (χ1n) is 10.5. The fraction of sp³-hybridized carbons (Fsp3) is 0.714. The Kier molecular flexibility index (Phi) is 7.88. The Hall–Kier alpha value is -0.990. The highest BCUT2D eigenvalue weighted by atomic mass is 32.2. The lowest BCUT2D eigenvalue weighted by atomic mass is 9.87. The van der Waals surface area contributed by atoms with Crippen LogP contribution in [0.1, 0.15) is 36.3 Å². The number of piperidine rings is 1. The Morgan fingerprint density at radius 3 is 2.43 bits per heavy atom. The molecule has 158 valence electrons. The monoisotopic (exact) mass is 409 g/mol. The number of benzene rings is 1. The van der Waals surface area contributed by atoms with Gasteiger partial charge < -0.3 is 9.64 Å². The van der Waals surface area contributed by atoms with E-state index in [9.17, 15) is 8.42 Å². The molecule has 2 fully saturated rings. The van der Waals surface area contributed by atoms with Crippen molar-refractivity contribution < 1.29 is 13.2 Å². The van der Waals surface area contributed by atoms with Gasteiger partial charge in [0.25, 0.3) is 0 Å². The first-order chi connectivity index (χ1) is 13.5. The van der Waals surface area contributed by atoms with Gasteiger partial charge in [-0.25, -0.2) is 12.7 Å². The van der Waals surface area contributed by atoms with Gasteiger partial charge in [0.15, 0.2) is 0 Å². The molecule has 6 nitrogen and oxygen atoms in total. The molecule has 0 spiro atoms. The number of nitrogens with zero attached hydrogens (tertiary/aromatic N) is 3. The van der Waals surface area contributed by atoms with Crippen molar-refractivity contribution in [1.29, 1.82) is 0 Å². The molecule has 2 aliphatic rings. The minimum atomic E-state index is -3.13. The maximum atomic E-state index is 12.6. The van der Waals surface area contributed by atoms with Gasteiger partial charge in [-0.15, -0.1) is 0 Å². The molecule has 2 saturated heterocycles. The second-order valence-electron chi connectivity index (χ2n) is 8.23. The predicted octanol–water partition coefficient (Wildman–Crippen LogP) is 1.98. The molecule has 2 aliphatic heterocycles. The summed E-state index contributed by atoms with van der Waals surface area (Å²) in [7, 11) is 0.824. The van der Waals surface area contributed by atoms with E-state index in [2.05, 4.69) is 29.2 Å². The molecule has 3 rings (SSSR count). The summed E-state index contributed by atoms with van der Waals surface area (Å²) in [6, 6.07) is 8.70. The van der Waals surface area contributed by atoms with Crippen LogP contribution in [-0.2, 0) is 21.3 Å². The van der Waals surface area contributed by atoms with Gasteiger partial charge in [0.2, 0.25) is 10.0 Å². The van der Waals surface area contributed by atoms with E-state index in [4.69, 9.17) is 4.74 Å². The van der Waals surface area contributed by atoms with Crippen molar-refractivity contribution in [2.24, 2.45) is 0 Å². The lowest BCUT2D eigenvalue weighted by molar-refractivity contribution is 0.0340. The Labute approximate surface area is 170 Å². The van der Waals surface area contributed by atoms with Gasteiger partial charge in [0.1, 0.15) is 0 Å². The van der Waals surface area contributed by atoms with Gasteiger partial charge in [0.05, 0.1) is 19.0 Å². The van der Waals surface area contributed by atoms with Crippen LogP contribution in [-0.4, -0.2) is 88.3 Å². The Morgan fingerprint density at radius 2 is 1.75 bits per heavy atom. The Bertz CT molecular complexity index is 709. The summed E-state index contributed by atoms with van der Waals surface area (Å²) in [4.78, 5) is 4.49. The summed E-state index contributed by atoms with van der Waals surface area (Å²) in [5, 5.41) is 0. The van der Waals surface area contributed by atoms with Crippen LogP contribution < -0.4 is 0 Å². The third-order valence-electron chi connectivity index (χ3n) is 5.85. The average Bonchev–Trinajstić information content (AvgIpc) is 2.69. The van der Waals surface area contributed by atoms with E-state index in [0.29, 0.717) is 25.4 Å². The third kappa shape index (κ3) is 6.00. The second-order valence-corrected chi connectivity index (χ2v) is 10.3. The first kappa shape index (κ1) is 21.7. The highest BCUT2D eigenvalue weighted by Crippen LogP contribution is 2.32. The molecule has 7 heteroatoms. The van der Waals surface area contributed by atoms with Crippen LogP contribution in [0.5, 0.6) is 0 Å². The minimum absolute atomic E-state index is 0.253. The van der Waals surface area contributed by atoms with Crippen LogP contribution in [0.15, 0.2) is 24.3 Å². The molecule has 0 amide bonds. The largest absolute Gasteiger partial charge is 0.379 e. The Balaban J connectivity index is 1.57. The molecule has 0 saturated carbocycles. The van der Waals surface area contributed by atoms with E-state index < -0.39 is 10.0 Å². The normalized spacial score (nSPS) is 20.7. The predicted molar refractivity (Wildman–Crippen MR) is 113 cm³/mol. The van der Waals surface area contributed by atoms with Crippen molar-refractivity contribution in [2.45, 2.75) is 31.7 Å². The van der Waals surface area contributed by atoms with Crippen molar-refractivity contribution in [3.63, 3.8) is 0 Å². The van der Waals surface area contributed by atoms with Crippen molar-refractivity contribution in [3.8, 4) is 0 Å². The zero-order chi connectivity index (χ0) is 20.0. The number of hydrogen-bond donors (Lipinski definition) is 0. The van der Waals surface area contributed by atoms with Crippen LogP contribution in [0.4, 0.5) is 0 Å². The van der Waals surface area contributed by atoms with Gasteiger partial charge in [-0.2, -0.15) is 0 Å². The Morgan fingerprint density at radius 1 is 1.07 bits per heavy atom. The van der Waals surface area contributed by atoms with E-state index in [0.717, 1.165) is 52.2 Å². The van der Waals surface area contributed by atoms with Crippen LogP contribution >= 0.6 is 0 Å². The molecule has 0 N–H and O–H groups in total. The fourth-order valence-corrected chi connectivity index (χ4v) is 5.73. The molecule has 0 aromatic heterocycles. The molecule has 0 unspecified atom stereocenters. The molecule has 28 heavy (non-hydrogen) atoms. The highest BCUT2D eigenvalue weighted by Gasteiger charge is 2.29. The summed E-state index contributed by atoms with van der Waals surface area (Å²) < 4.78 is 32.4. The fourth-order valence-electron chi connectivity index (χ4n) is 4.21. The van der Waals surface area contributed by atoms with E-state index in [1.807, 2.05) is 19.0 Å². The molecule has 2 heterocycles. The maximum absolute atomic E-state index is 12.6. The zero-order valence-electron chi connectivity index (χ0n) is 17.3. The van der Waals surface area contributed by atoms with Crippen LogP contribution in [0.25, 0.3) is 0 Å². The molecule has 0 bridgehead atoms. The topological polar surface area (TPSA) is 53.1 Å². The molecule has 0 atom stereocenters. The third-order valence-corrected chi connectivity index (χ3v) is 7.80. The second kappa shape index (κ2) is 10.2. The van der Waals surface area contributed by atoms with Crippen molar-refractivity contribution in [1.82, 2.24) is 14.1 Å². The standard InChI is InChI=1S/C21H35N3O3S/c1-22(2)10-5-17-28(25,26)24-11-8-19(9-12-24)21-7-4-3-6-20(21)18-23-13-15-27-16-14-23/h3-4,6-7,19H,5,8-18H2,1-2H3. The summed E-state index contributed by atoms with van der Waals surface area (Å²) in [5.74, 6) is 0.703. The van der Waals surface area contributed by atoms with E-state index >= 15 is 0 Å². The number of morpholine rings is 1. The van der Waals surface area contributed by atoms with Crippen molar-refractivity contribution >= 4 is 10.0 Å². The van der Waals surface area contributed by atoms with E-state index in [-0.39, 0.29) is 5.75 Å². The van der Waals surface area contributed by atoms with E-state index in [1.165, 1.54) is 11.1 Å². The van der Waals surface area contributed by atoms with Crippen LogP contribution in [0, 0.1) is 0 Å². The molecule has 1 aromatic carbocycles. The number of sulfonamides is 1. The number of ether oxygens (including phenoxy) is 1.